The van der Waals surface area contributed by atoms with Crippen LogP contribution in [0.25, 0.3) is 0 Å². The maximum absolute atomic E-state index is 13.2. The molecule has 0 unspecified atom stereocenters. The Morgan fingerprint density at radius 1 is 1.21 bits per heavy atom. The van der Waals surface area contributed by atoms with E-state index in [0.717, 1.165) is 30.5 Å². The highest BCUT2D eigenvalue weighted by Gasteiger charge is 2.27. The van der Waals surface area contributed by atoms with Crippen molar-refractivity contribution in [1.82, 2.24) is 4.90 Å². The Bertz CT molecular complexity index is 483. The third-order valence-corrected chi connectivity index (χ3v) is 4.21. The average molecular weight is 262 g/mol. The van der Waals surface area contributed by atoms with Gasteiger partial charge in [0, 0.05) is 18.3 Å². The van der Waals surface area contributed by atoms with Crippen molar-refractivity contribution in [3.63, 3.8) is 0 Å². The summed E-state index contributed by atoms with van der Waals surface area (Å²) in [4.78, 5) is 14.2. The van der Waals surface area contributed by atoms with Crippen molar-refractivity contribution in [3.8, 4) is 0 Å². The molecular weight excluding hydrogens is 243 g/mol. The Kier molecular flexibility index (Phi) is 3.40. The standard InChI is InChI=1S/C15H19FN2O/c16-12-6-7-14-11(10-12)8-9-18(15(19)17-14)13-4-2-1-3-5-13/h6-7,10,13H,1-5,8-9H2,(H,17,19). The number of urea groups is 1. The first-order chi connectivity index (χ1) is 9.24. The van der Waals surface area contributed by atoms with E-state index >= 15 is 0 Å². The van der Waals surface area contributed by atoms with Crippen molar-refractivity contribution in [2.24, 2.45) is 0 Å². The van der Waals surface area contributed by atoms with Crippen LogP contribution in [0.5, 0.6) is 0 Å². The van der Waals surface area contributed by atoms with Crippen molar-refractivity contribution in [3.05, 3.63) is 29.6 Å². The van der Waals surface area contributed by atoms with Gasteiger partial charge >= 0.3 is 6.03 Å². The molecule has 1 aromatic rings. The minimum Gasteiger partial charge on any atom is -0.321 e. The summed E-state index contributed by atoms with van der Waals surface area (Å²) >= 11 is 0. The van der Waals surface area contributed by atoms with Crippen molar-refractivity contribution in [2.75, 3.05) is 11.9 Å². The summed E-state index contributed by atoms with van der Waals surface area (Å²) in [6.07, 6.45) is 6.60. The Labute approximate surface area is 112 Å². The summed E-state index contributed by atoms with van der Waals surface area (Å²) in [6.45, 7) is 0.687. The van der Waals surface area contributed by atoms with E-state index < -0.39 is 0 Å². The molecule has 0 saturated heterocycles. The van der Waals surface area contributed by atoms with Crippen molar-refractivity contribution in [2.45, 2.75) is 44.6 Å². The second kappa shape index (κ2) is 5.19. The normalized spacial score (nSPS) is 20.7. The van der Waals surface area contributed by atoms with Gasteiger partial charge < -0.3 is 10.2 Å². The molecule has 0 aromatic heterocycles. The molecule has 0 spiro atoms. The second-order valence-electron chi connectivity index (χ2n) is 5.47. The molecule has 1 fully saturated rings. The number of fused-ring (bicyclic) bond motifs is 1. The molecule has 2 aliphatic rings. The number of anilines is 1. The molecule has 1 aliphatic heterocycles. The molecule has 2 amide bonds. The van der Waals surface area contributed by atoms with E-state index in [1.54, 1.807) is 6.07 Å². The third-order valence-electron chi connectivity index (χ3n) is 4.21. The fourth-order valence-electron chi connectivity index (χ4n) is 3.16. The van der Waals surface area contributed by atoms with Crippen LogP contribution in [-0.2, 0) is 6.42 Å². The van der Waals surface area contributed by atoms with Gasteiger partial charge in [0.15, 0.2) is 0 Å². The number of halogens is 1. The lowest BCUT2D eigenvalue weighted by atomic mass is 9.94. The van der Waals surface area contributed by atoms with E-state index in [4.69, 9.17) is 0 Å². The van der Waals surface area contributed by atoms with Crippen LogP contribution in [0.3, 0.4) is 0 Å². The van der Waals surface area contributed by atoms with Crippen LogP contribution >= 0.6 is 0 Å². The van der Waals surface area contributed by atoms with E-state index in [1.165, 1.54) is 31.4 Å². The number of hydrogen-bond acceptors (Lipinski definition) is 1. The Hall–Kier alpha value is -1.58. The number of hydrogen-bond donors (Lipinski definition) is 1. The molecule has 19 heavy (non-hydrogen) atoms. The van der Waals surface area contributed by atoms with Gasteiger partial charge in [-0.25, -0.2) is 9.18 Å². The van der Waals surface area contributed by atoms with Crippen molar-refractivity contribution < 1.29 is 9.18 Å². The maximum Gasteiger partial charge on any atom is 0.322 e. The van der Waals surface area contributed by atoms with Crippen LogP contribution < -0.4 is 5.32 Å². The van der Waals surface area contributed by atoms with Crippen LogP contribution in [0.15, 0.2) is 18.2 Å². The molecule has 102 valence electrons. The first kappa shape index (κ1) is 12.5. The minimum absolute atomic E-state index is 0.0303. The number of nitrogens with zero attached hydrogens (tertiary/aromatic N) is 1. The molecule has 4 heteroatoms. The van der Waals surface area contributed by atoms with Gasteiger partial charge in [-0.15, -0.1) is 0 Å². The zero-order valence-corrected chi connectivity index (χ0v) is 11.0. The van der Waals surface area contributed by atoms with Crippen LogP contribution in [-0.4, -0.2) is 23.5 Å². The second-order valence-corrected chi connectivity index (χ2v) is 5.47. The van der Waals surface area contributed by atoms with Crippen LogP contribution in [0.1, 0.15) is 37.7 Å². The number of amides is 2. The Balaban J connectivity index is 1.79. The number of carbonyl (C=O) groups excluding carboxylic acids is 1. The van der Waals surface area contributed by atoms with Gasteiger partial charge in [-0.05, 0) is 43.0 Å². The molecule has 1 aromatic carbocycles. The summed E-state index contributed by atoms with van der Waals surface area (Å²) in [5.41, 5.74) is 1.65. The molecule has 3 nitrogen and oxygen atoms in total. The van der Waals surface area contributed by atoms with Gasteiger partial charge in [-0.2, -0.15) is 0 Å². The molecule has 0 radical (unpaired) electrons. The zero-order chi connectivity index (χ0) is 13.2. The highest BCUT2D eigenvalue weighted by Crippen LogP contribution is 2.27. The first-order valence-electron chi connectivity index (χ1n) is 7.10. The predicted molar refractivity (Wildman–Crippen MR) is 72.7 cm³/mol. The lowest BCUT2D eigenvalue weighted by Crippen LogP contribution is -2.43. The first-order valence-corrected chi connectivity index (χ1v) is 7.10. The summed E-state index contributed by atoms with van der Waals surface area (Å²) in [5.74, 6) is -0.237. The van der Waals surface area contributed by atoms with Crippen LogP contribution in [0.4, 0.5) is 14.9 Å². The molecular formula is C15H19FN2O. The highest BCUT2D eigenvalue weighted by molar-refractivity contribution is 5.91. The summed E-state index contributed by atoms with van der Waals surface area (Å²) in [6, 6.07) is 4.91. The summed E-state index contributed by atoms with van der Waals surface area (Å²) < 4.78 is 13.2. The fourth-order valence-corrected chi connectivity index (χ4v) is 3.16. The van der Waals surface area contributed by atoms with Gasteiger partial charge in [-0.1, -0.05) is 19.3 Å². The topological polar surface area (TPSA) is 32.3 Å². The monoisotopic (exact) mass is 262 g/mol. The lowest BCUT2D eigenvalue weighted by molar-refractivity contribution is 0.169. The van der Waals surface area contributed by atoms with Gasteiger partial charge in [0.25, 0.3) is 0 Å². The van der Waals surface area contributed by atoms with Gasteiger partial charge in [0.2, 0.25) is 0 Å². The molecule has 0 bridgehead atoms. The van der Waals surface area contributed by atoms with E-state index in [9.17, 15) is 9.18 Å². The third kappa shape index (κ3) is 2.57. The number of rotatable bonds is 1. The Morgan fingerprint density at radius 3 is 2.79 bits per heavy atom. The van der Waals surface area contributed by atoms with Gasteiger partial charge in [-0.3, -0.25) is 0 Å². The number of nitrogens with one attached hydrogen (secondary N) is 1. The molecule has 1 heterocycles. The lowest BCUT2D eigenvalue weighted by Gasteiger charge is -2.33. The summed E-state index contributed by atoms with van der Waals surface area (Å²) in [5, 5.41) is 2.92. The largest absolute Gasteiger partial charge is 0.322 e. The average Bonchev–Trinajstić information content (AvgIpc) is 2.58. The fraction of sp³-hybridized carbons (Fsp3) is 0.533. The number of benzene rings is 1. The molecule has 3 rings (SSSR count). The maximum atomic E-state index is 13.2. The Morgan fingerprint density at radius 2 is 2.00 bits per heavy atom. The number of carbonyl (C=O) groups is 1. The van der Waals surface area contributed by atoms with E-state index in [0.29, 0.717) is 12.6 Å². The van der Waals surface area contributed by atoms with Crippen molar-refractivity contribution in [1.29, 1.82) is 0 Å². The molecule has 1 N–H and O–H groups in total. The van der Waals surface area contributed by atoms with Crippen molar-refractivity contribution >= 4 is 11.7 Å². The highest BCUT2D eigenvalue weighted by atomic mass is 19.1. The zero-order valence-electron chi connectivity index (χ0n) is 11.0. The predicted octanol–water partition coefficient (Wildman–Crippen LogP) is 3.55. The smallest absolute Gasteiger partial charge is 0.321 e. The minimum atomic E-state index is -0.237. The molecule has 1 saturated carbocycles. The van der Waals surface area contributed by atoms with E-state index in [2.05, 4.69) is 5.32 Å². The van der Waals surface area contributed by atoms with E-state index in [-0.39, 0.29) is 11.8 Å². The quantitative estimate of drug-likeness (QED) is 0.824. The van der Waals surface area contributed by atoms with E-state index in [1.807, 2.05) is 4.90 Å². The molecule has 1 aliphatic carbocycles. The van der Waals surface area contributed by atoms with Crippen LogP contribution in [0, 0.1) is 5.82 Å². The summed E-state index contributed by atoms with van der Waals surface area (Å²) in [7, 11) is 0. The van der Waals surface area contributed by atoms with Crippen LogP contribution in [0.2, 0.25) is 0 Å². The van der Waals surface area contributed by atoms with Gasteiger partial charge in [0.05, 0.1) is 0 Å². The molecule has 0 atom stereocenters. The van der Waals surface area contributed by atoms with Gasteiger partial charge in [0.1, 0.15) is 5.82 Å². The SMILES string of the molecule is O=C1Nc2ccc(F)cc2CCN1C1CCCCC1.